The molecule has 0 bridgehead atoms. The lowest BCUT2D eigenvalue weighted by Gasteiger charge is -2.40. The Hall–Kier alpha value is -2.73. The van der Waals surface area contributed by atoms with Crippen molar-refractivity contribution in [3.63, 3.8) is 0 Å². The van der Waals surface area contributed by atoms with E-state index in [0.29, 0.717) is 25.8 Å². The predicted molar refractivity (Wildman–Crippen MR) is 216 cm³/mol. The second-order valence-electron chi connectivity index (χ2n) is 20.5. The fourth-order valence-corrected chi connectivity index (χ4v) is 11.7. The molecule has 12 heteroatoms. The van der Waals surface area contributed by atoms with Crippen molar-refractivity contribution in [1.82, 2.24) is 31.1 Å². The number of piperidine rings is 1. The van der Waals surface area contributed by atoms with Gasteiger partial charge >= 0.3 is 0 Å². The summed E-state index contributed by atoms with van der Waals surface area (Å²) in [7, 11) is 0. The first-order valence-electron chi connectivity index (χ1n) is 22.3. The van der Waals surface area contributed by atoms with E-state index in [1.54, 1.807) is 4.90 Å². The summed E-state index contributed by atoms with van der Waals surface area (Å²) in [5.74, 6) is -1.62. The van der Waals surface area contributed by atoms with Crippen LogP contribution in [0.5, 0.6) is 0 Å². The third-order valence-corrected chi connectivity index (χ3v) is 15.5. The highest BCUT2D eigenvalue weighted by Crippen LogP contribution is 2.88. The Morgan fingerprint density at radius 2 is 1.43 bits per heavy atom. The van der Waals surface area contributed by atoms with Gasteiger partial charge in [-0.25, -0.2) is 0 Å². The molecule has 6 aliphatic rings. The first kappa shape index (κ1) is 42.9. The molecule has 6 fully saturated rings. The molecule has 6 rings (SSSR count). The van der Waals surface area contributed by atoms with Gasteiger partial charge in [-0.2, -0.15) is 0 Å². The lowest BCUT2D eigenvalue weighted by Crippen LogP contribution is -2.63. The summed E-state index contributed by atoms with van der Waals surface area (Å²) in [6, 6.07) is -3.34. The zero-order valence-electron chi connectivity index (χ0n) is 35.8. The van der Waals surface area contributed by atoms with Crippen LogP contribution < -0.4 is 21.3 Å². The number of aliphatic hydroxyl groups excluding tert-OH is 1. The second kappa shape index (κ2) is 16.5. The minimum Gasteiger partial charge on any atom is -0.381 e. The Labute approximate surface area is 336 Å². The van der Waals surface area contributed by atoms with Gasteiger partial charge < -0.3 is 31.3 Å². The van der Waals surface area contributed by atoms with E-state index in [4.69, 9.17) is 0 Å². The van der Waals surface area contributed by atoms with E-state index in [1.807, 2.05) is 27.7 Å². The van der Waals surface area contributed by atoms with Gasteiger partial charge in [0, 0.05) is 24.0 Å². The van der Waals surface area contributed by atoms with Gasteiger partial charge in [0.15, 0.2) is 6.10 Å². The van der Waals surface area contributed by atoms with Crippen LogP contribution in [0.15, 0.2) is 0 Å². The summed E-state index contributed by atoms with van der Waals surface area (Å²) in [4.78, 5) is 75.3. The minimum atomic E-state index is -1.40. The number of hydrogen-bond acceptors (Lipinski definition) is 7. The van der Waals surface area contributed by atoms with E-state index >= 15 is 4.79 Å². The average Bonchev–Trinajstić information content (AvgIpc) is 3.96. The first-order chi connectivity index (χ1) is 26.4. The lowest BCUT2D eigenvalue weighted by molar-refractivity contribution is -0.145. The fraction of sp³-hybridized carbons (Fsp3) is 0.886. The van der Waals surface area contributed by atoms with E-state index in [0.717, 1.165) is 90.0 Å². The Morgan fingerprint density at radius 1 is 0.786 bits per heavy atom. The normalized spacial score (nSPS) is 29.6. The highest BCUT2D eigenvalue weighted by atomic mass is 16.3. The highest BCUT2D eigenvalue weighted by molar-refractivity contribution is 5.96. The Kier molecular flexibility index (Phi) is 12.6. The van der Waals surface area contributed by atoms with Gasteiger partial charge in [0.1, 0.15) is 18.1 Å². The molecule has 2 saturated heterocycles. The number of aliphatic hydroxyl groups is 1. The molecule has 5 N–H and O–H groups in total. The molecule has 7 atom stereocenters. The maximum atomic E-state index is 15.2. The number of rotatable bonds is 14. The predicted octanol–water partition coefficient (Wildman–Crippen LogP) is 4.57. The van der Waals surface area contributed by atoms with E-state index in [1.165, 1.54) is 0 Å². The summed E-state index contributed by atoms with van der Waals surface area (Å²) in [5, 5.41) is 23.4. The van der Waals surface area contributed by atoms with Crippen LogP contribution >= 0.6 is 0 Å². The number of carbonyl (C=O) groups excluding carboxylic acids is 5. The summed E-state index contributed by atoms with van der Waals surface area (Å²) >= 11 is 0. The number of carbonyl (C=O) groups is 5. The largest absolute Gasteiger partial charge is 0.381 e. The summed E-state index contributed by atoms with van der Waals surface area (Å²) in [6.07, 6.45) is 12.7. The van der Waals surface area contributed by atoms with E-state index in [2.05, 4.69) is 53.9 Å². The second-order valence-corrected chi connectivity index (χ2v) is 20.5. The summed E-state index contributed by atoms with van der Waals surface area (Å²) in [6.45, 7) is 17.8. The molecule has 5 amide bonds. The summed E-state index contributed by atoms with van der Waals surface area (Å²) < 4.78 is 0. The van der Waals surface area contributed by atoms with Gasteiger partial charge in [0.2, 0.25) is 23.6 Å². The molecule has 0 aromatic rings. The zero-order chi connectivity index (χ0) is 40.8. The van der Waals surface area contributed by atoms with E-state index < -0.39 is 41.6 Å². The van der Waals surface area contributed by atoms with Crippen LogP contribution in [0.1, 0.15) is 158 Å². The van der Waals surface area contributed by atoms with Crippen molar-refractivity contribution in [1.29, 1.82) is 0 Å². The zero-order valence-corrected chi connectivity index (χ0v) is 35.8. The molecular formula is C44H74N6O6. The van der Waals surface area contributed by atoms with Gasteiger partial charge in [-0.05, 0) is 107 Å². The average molecular weight is 783 g/mol. The van der Waals surface area contributed by atoms with Crippen molar-refractivity contribution in [3.8, 4) is 0 Å². The molecular weight excluding hydrogens is 709 g/mol. The monoisotopic (exact) mass is 783 g/mol. The van der Waals surface area contributed by atoms with Crippen LogP contribution in [0.3, 0.4) is 0 Å². The molecule has 4 aliphatic carbocycles. The van der Waals surface area contributed by atoms with Crippen molar-refractivity contribution in [2.75, 3.05) is 13.1 Å². The summed E-state index contributed by atoms with van der Waals surface area (Å²) in [5.41, 5.74) is -0.971. The highest BCUT2D eigenvalue weighted by Gasteiger charge is 2.85. The van der Waals surface area contributed by atoms with Crippen molar-refractivity contribution in [2.45, 2.75) is 207 Å². The van der Waals surface area contributed by atoms with Gasteiger partial charge in [0.25, 0.3) is 5.91 Å². The number of likely N-dealkylation sites (tertiary alicyclic amines) is 2. The van der Waals surface area contributed by atoms with Crippen LogP contribution in [-0.4, -0.2) is 106 Å². The van der Waals surface area contributed by atoms with Gasteiger partial charge in [-0.3, -0.25) is 28.9 Å². The molecule has 316 valence electrons. The van der Waals surface area contributed by atoms with Gasteiger partial charge in [-0.1, -0.05) is 80.1 Å². The molecule has 12 nitrogen and oxygen atoms in total. The maximum Gasteiger partial charge on any atom is 0.251 e. The Bertz CT molecular complexity index is 1480. The number of nitrogens with zero attached hydrogens (tertiary/aromatic N) is 2. The minimum absolute atomic E-state index is 0.0297. The van der Waals surface area contributed by atoms with Crippen LogP contribution in [-0.2, 0) is 24.0 Å². The molecule has 56 heavy (non-hydrogen) atoms. The number of amides is 5. The van der Waals surface area contributed by atoms with E-state index in [-0.39, 0.29) is 63.9 Å². The van der Waals surface area contributed by atoms with Crippen molar-refractivity contribution in [3.05, 3.63) is 0 Å². The lowest BCUT2D eigenvalue weighted by atomic mass is 9.73. The van der Waals surface area contributed by atoms with Crippen molar-refractivity contribution < 1.29 is 29.1 Å². The number of hydrogen-bond donors (Lipinski definition) is 5. The van der Waals surface area contributed by atoms with Crippen LogP contribution in [0, 0.1) is 27.6 Å². The quantitative estimate of drug-likeness (QED) is 0.173. The van der Waals surface area contributed by atoms with E-state index in [9.17, 15) is 24.3 Å². The SMILES string of the molecule is CCC[C@H](NC(=O)[C@@H]1C[C@@]2(CN1C(=O)[C@@H](NC(=O)[C@@H](NC(=O)[C@@H]1CCCCN1C(C)C)C1CCCCC1)C(C)(C)C)C(C)(C)C21CCC1)C(O)C(=O)NC1CC1. The molecule has 2 heterocycles. The molecule has 2 spiro atoms. The first-order valence-corrected chi connectivity index (χ1v) is 22.3. The number of fused-ring (bicyclic) bond motifs is 1. The topological polar surface area (TPSA) is 160 Å². The third-order valence-electron chi connectivity index (χ3n) is 15.5. The smallest absolute Gasteiger partial charge is 0.251 e. The molecule has 0 radical (unpaired) electrons. The van der Waals surface area contributed by atoms with Gasteiger partial charge in [0.05, 0.1) is 12.1 Å². The standard InChI is InChI=1S/C44H74N6O6/c1-9-16-30(34(51)39(55)45-29-20-21-29)46-37(53)32-25-44(42(7,8)43(44)22-15-23-43)26-50(32)40(56)35(41(4,5)6)48-38(54)33(28-17-11-10-12-18-28)47-36(52)31-19-13-14-24-49(31)27(2)3/h27-35,51H,9-26H2,1-8H3,(H,45,55)(H,46,53)(H,47,52)(H,48,54)/t30-,31-,32-,33-,34?,35+,44+/m0/s1. The Balaban J connectivity index is 1.25. The maximum absolute atomic E-state index is 15.2. The van der Waals surface area contributed by atoms with Crippen LogP contribution in [0.2, 0.25) is 0 Å². The van der Waals surface area contributed by atoms with Crippen molar-refractivity contribution in [2.24, 2.45) is 27.6 Å². The number of nitrogens with one attached hydrogen (secondary N) is 4. The Morgan fingerprint density at radius 3 is 1.98 bits per heavy atom. The molecule has 1 unspecified atom stereocenters. The molecule has 0 aromatic carbocycles. The van der Waals surface area contributed by atoms with Crippen LogP contribution in [0.25, 0.3) is 0 Å². The molecule has 4 saturated carbocycles. The third kappa shape index (κ3) is 8.00. The van der Waals surface area contributed by atoms with Crippen molar-refractivity contribution >= 4 is 29.5 Å². The molecule has 0 aromatic heterocycles. The van der Waals surface area contributed by atoms with Crippen LogP contribution in [0.4, 0.5) is 0 Å². The fourth-order valence-electron chi connectivity index (χ4n) is 11.7. The van der Waals surface area contributed by atoms with Gasteiger partial charge in [-0.15, -0.1) is 0 Å². The molecule has 2 aliphatic heterocycles.